The zero-order valence-electron chi connectivity index (χ0n) is 21.2. The number of aliphatic hydroxyl groups excluding tert-OH is 1. The molecule has 0 saturated carbocycles. The van der Waals surface area contributed by atoms with E-state index in [1.165, 1.54) is 19.1 Å². The lowest BCUT2D eigenvalue weighted by molar-refractivity contribution is -0.140. The first-order valence-corrected chi connectivity index (χ1v) is 13.5. The van der Waals surface area contributed by atoms with E-state index in [4.69, 9.17) is 9.72 Å². The zero-order chi connectivity index (χ0) is 26.6. The van der Waals surface area contributed by atoms with Crippen molar-refractivity contribution in [3.63, 3.8) is 0 Å². The highest BCUT2D eigenvalue weighted by Crippen LogP contribution is 2.46. The highest BCUT2D eigenvalue weighted by Gasteiger charge is 2.49. The third-order valence-electron chi connectivity index (χ3n) is 6.57. The van der Waals surface area contributed by atoms with Gasteiger partial charge in [-0.15, -0.1) is 0 Å². The average Bonchev–Trinajstić information content (AvgIpc) is 2.84. The van der Waals surface area contributed by atoms with E-state index in [-0.39, 0.29) is 18.1 Å². The summed E-state index contributed by atoms with van der Waals surface area (Å²) < 4.78 is 32.2. The summed E-state index contributed by atoms with van der Waals surface area (Å²) in [4.78, 5) is 28.5. The van der Waals surface area contributed by atoms with Gasteiger partial charge < -0.3 is 14.7 Å². The molecule has 3 aromatic rings. The molecule has 3 unspecified atom stereocenters. The third-order valence-corrected chi connectivity index (χ3v) is 8.31. The van der Waals surface area contributed by atoms with Crippen molar-refractivity contribution >= 4 is 14.0 Å². The summed E-state index contributed by atoms with van der Waals surface area (Å²) in [6.07, 6.45) is -0.972. The molecular weight excluding hydrogens is 480 g/mol. The third kappa shape index (κ3) is 5.15. The lowest BCUT2D eigenvalue weighted by atomic mass is 9.90. The molecular formula is C28H33FNO5P. The Morgan fingerprint density at radius 2 is 1.67 bits per heavy atom. The molecule has 2 N–H and O–H groups in total. The largest absolute Gasteiger partial charge is 0.423 e. The van der Waals surface area contributed by atoms with Crippen molar-refractivity contribution in [2.24, 2.45) is 0 Å². The number of aliphatic hydroxyl groups is 1. The van der Waals surface area contributed by atoms with Crippen LogP contribution in [0.5, 0.6) is 5.75 Å². The Balaban J connectivity index is 2.39. The van der Waals surface area contributed by atoms with Gasteiger partial charge in [0.1, 0.15) is 5.82 Å². The fourth-order valence-corrected chi connectivity index (χ4v) is 5.31. The van der Waals surface area contributed by atoms with E-state index in [1.807, 2.05) is 51.1 Å². The van der Waals surface area contributed by atoms with E-state index in [9.17, 15) is 23.7 Å². The number of hydrogen-bond acceptors (Lipinski definition) is 5. The molecule has 0 fully saturated rings. The van der Waals surface area contributed by atoms with Gasteiger partial charge in [0, 0.05) is 11.1 Å². The first-order valence-electron chi connectivity index (χ1n) is 12.1. The molecule has 0 amide bonds. The molecule has 192 valence electrons. The van der Waals surface area contributed by atoms with Crippen LogP contribution in [0.2, 0.25) is 0 Å². The van der Waals surface area contributed by atoms with Gasteiger partial charge in [-0.2, -0.15) is 0 Å². The molecule has 36 heavy (non-hydrogen) atoms. The molecule has 0 bridgehead atoms. The Hall–Kier alpha value is -2.86. The molecule has 0 aliphatic carbocycles. The smallest absolute Gasteiger partial charge is 0.329 e. The number of ether oxygens (including phenoxy) is 1. The van der Waals surface area contributed by atoms with Crippen molar-refractivity contribution in [3.8, 4) is 28.1 Å². The SMILES string of the molecule is CCc1c(-c2ccccc2)nc(C(C)C)c(OC(=O)C(CC)(C(C)O)[PH](=O)O)c1-c1ccc(F)cc1. The van der Waals surface area contributed by atoms with Crippen LogP contribution < -0.4 is 4.74 Å². The van der Waals surface area contributed by atoms with Gasteiger partial charge in [-0.3, -0.25) is 9.36 Å². The summed E-state index contributed by atoms with van der Waals surface area (Å²) in [6.45, 7) is 8.64. The minimum atomic E-state index is -3.53. The summed E-state index contributed by atoms with van der Waals surface area (Å²) in [6, 6.07) is 15.5. The maximum atomic E-state index is 13.8. The number of nitrogens with zero attached hydrogens (tertiary/aromatic N) is 1. The Morgan fingerprint density at radius 1 is 1.06 bits per heavy atom. The van der Waals surface area contributed by atoms with Crippen molar-refractivity contribution in [1.29, 1.82) is 0 Å². The number of aromatic nitrogens is 1. The number of carbonyl (C=O) groups is 1. The molecule has 8 heteroatoms. The Labute approximate surface area is 212 Å². The van der Waals surface area contributed by atoms with Crippen molar-refractivity contribution in [2.45, 2.75) is 64.6 Å². The maximum absolute atomic E-state index is 13.8. The Morgan fingerprint density at radius 3 is 2.14 bits per heavy atom. The molecule has 0 aliphatic rings. The minimum absolute atomic E-state index is 0.0865. The quantitative estimate of drug-likeness (QED) is 0.263. The number of hydrogen-bond donors (Lipinski definition) is 2. The van der Waals surface area contributed by atoms with Crippen LogP contribution in [0.4, 0.5) is 4.39 Å². The number of benzene rings is 2. The summed E-state index contributed by atoms with van der Waals surface area (Å²) in [5.74, 6) is -1.43. The van der Waals surface area contributed by atoms with Gasteiger partial charge in [0.15, 0.2) is 10.9 Å². The molecule has 1 heterocycles. The average molecular weight is 514 g/mol. The second-order valence-corrected chi connectivity index (χ2v) is 10.6. The lowest BCUT2D eigenvalue weighted by Gasteiger charge is -2.31. The van der Waals surface area contributed by atoms with E-state index in [1.54, 1.807) is 19.1 Å². The standard InChI is InChI=1S/C28H33FNO5P/c1-6-22-23(19-13-15-21(29)16-14-19)26(35-27(32)28(7-2,18(5)31)36(33)34)24(17(3)4)30-25(22)20-11-9-8-10-12-20/h8-18,31,36H,6-7H2,1-5H3,(H,33,34). The first-order chi connectivity index (χ1) is 17.1. The minimum Gasteiger partial charge on any atom is -0.423 e. The van der Waals surface area contributed by atoms with Crippen LogP contribution in [0.15, 0.2) is 54.6 Å². The lowest BCUT2D eigenvalue weighted by Crippen LogP contribution is -2.47. The van der Waals surface area contributed by atoms with Crippen molar-refractivity contribution in [3.05, 3.63) is 71.7 Å². The summed E-state index contributed by atoms with van der Waals surface area (Å²) >= 11 is 0. The fourth-order valence-electron chi connectivity index (χ4n) is 4.43. The first kappa shape index (κ1) is 27.7. The van der Waals surface area contributed by atoms with E-state index >= 15 is 0 Å². The maximum Gasteiger partial charge on any atom is 0.329 e. The van der Waals surface area contributed by atoms with Crippen LogP contribution in [-0.4, -0.2) is 32.2 Å². The van der Waals surface area contributed by atoms with Gasteiger partial charge in [-0.05, 0) is 48.9 Å². The number of esters is 1. The Kier molecular flexibility index (Phi) is 8.83. The second kappa shape index (κ2) is 11.5. The topological polar surface area (TPSA) is 96.7 Å². The van der Waals surface area contributed by atoms with Gasteiger partial charge >= 0.3 is 5.97 Å². The summed E-state index contributed by atoms with van der Waals surface area (Å²) in [5, 5.41) is 8.41. The number of halogens is 1. The number of pyridine rings is 1. The van der Waals surface area contributed by atoms with E-state index in [2.05, 4.69) is 0 Å². The van der Waals surface area contributed by atoms with Gasteiger partial charge in [0.25, 0.3) is 0 Å². The highest BCUT2D eigenvalue weighted by molar-refractivity contribution is 7.41. The van der Waals surface area contributed by atoms with Crippen molar-refractivity contribution in [2.75, 3.05) is 0 Å². The molecule has 0 radical (unpaired) electrons. The monoisotopic (exact) mass is 513 g/mol. The van der Waals surface area contributed by atoms with Crippen LogP contribution in [-0.2, 0) is 15.8 Å². The van der Waals surface area contributed by atoms with E-state index in [0.29, 0.717) is 28.9 Å². The molecule has 6 nitrogen and oxygen atoms in total. The van der Waals surface area contributed by atoms with Crippen LogP contribution >= 0.6 is 8.03 Å². The van der Waals surface area contributed by atoms with Crippen molar-refractivity contribution in [1.82, 2.24) is 4.98 Å². The van der Waals surface area contributed by atoms with Crippen LogP contribution in [0, 0.1) is 5.82 Å². The fraction of sp³-hybridized carbons (Fsp3) is 0.357. The van der Waals surface area contributed by atoms with Gasteiger partial charge in [-0.25, -0.2) is 9.37 Å². The summed E-state index contributed by atoms with van der Waals surface area (Å²) in [7, 11) is -3.53. The van der Waals surface area contributed by atoms with Crippen LogP contribution in [0.25, 0.3) is 22.4 Å². The van der Waals surface area contributed by atoms with Crippen molar-refractivity contribution < 1.29 is 28.5 Å². The molecule has 3 rings (SSSR count). The van der Waals surface area contributed by atoms with E-state index < -0.39 is 31.1 Å². The second-order valence-electron chi connectivity index (χ2n) is 9.11. The van der Waals surface area contributed by atoms with E-state index in [0.717, 1.165) is 11.1 Å². The molecule has 2 aromatic carbocycles. The predicted molar refractivity (Wildman–Crippen MR) is 140 cm³/mol. The number of carbonyl (C=O) groups excluding carboxylic acids is 1. The van der Waals surface area contributed by atoms with Crippen LogP contribution in [0.3, 0.4) is 0 Å². The molecule has 3 atom stereocenters. The van der Waals surface area contributed by atoms with Gasteiger partial charge in [-0.1, -0.05) is 70.2 Å². The summed E-state index contributed by atoms with van der Waals surface area (Å²) in [5.41, 5.74) is 4.05. The zero-order valence-corrected chi connectivity index (χ0v) is 22.2. The molecule has 0 spiro atoms. The predicted octanol–water partition coefficient (Wildman–Crippen LogP) is 6.14. The molecule has 0 aliphatic heterocycles. The van der Waals surface area contributed by atoms with Gasteiger partial charge in [0.2, 0.25) is 8.03 Å². The highest BCUT2D eigenvalue weighted by atomic mass is 31.1. The molecule has 0 saturated heterocycles. The number of rotatable bonds is 9. The van der Waals surface area contributed by atoms with Gasteiger partial charge in [0.05, 0.1) is 17.5 Å². The molecule has 1 aromatic heterocycles. The Bertz CT molecular complexity index is 1250. The normalized spacial score (nSPS) is 14.8. The van der Waals surface area contributed by atoms with Crippen LogP contribution in [0.1, 0.15) is 58.2 Å².